The van der Waals surface area contributed by atoms with Crippen molar-refractivity contribution in [3.63, 3.8) is 0 Å². The van der Waals surface area contributed by atoms with Crippen LogP contribution in [0.5, 0.6) is 0 Å². The summed E-state index contributed by atoms with van der Waals surface area (Å²) in [7, 11) is 0. The Bertz CT molecular complexity index is 641. The van der Waals surface area contributed by atoms with Crippen molar-refractivity contribution >= 4 is 17.7 Å². The van der Waals surface area contributed by atoms with Gasteiger partial charge in [0.05, 0.1) is 11.5 Å². The number of hydrogen-bond donors (Lipinski definition) is 1. The molecular weight excluding hydrogens is 314 g/mol. The van der Waals surface area contributed by atoms with Gasteiger partial charge in [0.1, 0.15) is 0 Å². The van der Waals surface area contributed by atoms with Crippen molar-refractivity contribution in [1.82, 2.24) is 15.5 Å². The van der Waals surface area contributed by atoms with Crippen LogP contribution in [-0.2, 0) is 4.79 Å². The first-order chi connectivity index (χ1) is 11.1. The molecule has 0 aliphatic heterocycles. The molecule has 3 atom stereocenters. The molecule has 1 N–H and O–H groups in total. The normalized spacial score (nSPS) is 22.7. The first kappa shape index (κ1) is 16.1. The van der Waals surface area contributed by atoms with Crippen LogP contribution < -0.4 is 5.32 Å². The van der Waals surface area contributed by atoms with Gasteiger partial charge in [-0.25, -0.2) is 0 Å². The number of hydrogen-bond acceptors (Lipinski definition) is 6. The number of nitrogens with one attached hydrogen (secondary N) is 1. The highest BCUT2D eigenvalue weighted by molar-refractivity contribution is 8.00. The Hall–Kier alpha value is -1.76. The zero-order valence-corrected chi connectivity index (χ0v) is 14.1. The highest BCUT2D eigenvalue weighted by Crippen LogP contribution is 2.28. The fraction of sp³-hybridized carbons (Fsp3) is 0.562. The second-order valence-corrected chi connectivity index (χ2v) is 7.28. The highest BCUT2D eigenvalue weighted by Gasteiger charge is 2.26. The molecule has 6 nitrogen and oxygen atoms in total. The van der Waals surface area contributed by atoms with Crippen molar-refractivity contribution in [3.05, 3.63) is 18.4 Å². The Kier molecular flexibility index (Phi) is 5.05. The predicted octanol–water partition coefficient (Wildman–Crippen LogP) is 3.51. The molecule has 2 heterocycles. The Morgan fingerprint density at radius 1 is 1.39 bits per heavy atom. The maximum absolute atomic E-state index is 12.4. The number of rotatable bonds is 5. The van der Waals surface area contributed by atoms with Gasteiger partial charge in [0.15, 0.2) is 5.76 Å². The topological polar surface area (TPSA) is 81.2 Å². The van der Waals surface area contributed by atoms with Crippen molar-refractivity contribution in [2.24, 2.45) is 5.92 Å². The minimum atomic E-state index is -0.283. The first-order valence-electron chi connectivity index (χ1n) is 7.98. The smallest absolute Gasteiger partial charge is 0.284 e. The molecule has 1 aliphatic carbocycles. The van der Waals surface area contributed by atoms with Crippen molar-refractivity contribution in [3.8, 4) is 11.7 Å². The van der Waals surface area contributed by atoms with Crippen molar-refractivity contribution in [2.45, 2.75) is 56.0 Å². The van der Waals surface area contributed by atoms with Crippen LogP contribution in [0.25, 0.3) is 11.7 Å². The minimum absolute atomic E-state index is 0.0199. The standard InChI is InChI=1S/C16H21N3O3S/c1-10-6-3-4-7-12(10)17-14(20)11(2)23-16-19-18-15(22-16)13-8-5-9-21-13/h5,8-12H,3-4,6-7H2,1-2H3,(H,17,20)/t10-,11+,12+/m0/s1. The maximum Gasteiger partial charge on any atom is 0.284 e. The Morgan fingerprint density at radius 3 is 2.96 bits per heavy atom. The van der Waals surface area contributed by atoms with Gasteiger partial charge in [-0.3, -0.25) is 4.79 Å². The average molecular weight is 335 g/mol. The van der Waals surface area contributed by atoms with Gasteiger partial charge in [0, 0.05) is 6.04 Å². The van der Waals surface area contributed by atoms with E-state index in [1.807, 2.05) is 6.92 Å². The summed E-state index contributed by atoms with van der Waals surface area (Å²) < 4.78 is 10.7. The number of aromatic nitrogens is 2. The van der Waals surface area contributed by atoms with Crippen molar-refractivity contribution in [1.29, 1.82) is 0 Å². The van der Waals surface area contributed by atoms with E-state index in [2.05, 4.69) is 22.4 Å². The molecule has 1 aliphatic rings. The second kappa shape index (κ2) is 7.21. The van der Waals surface area contributed by atoms with Gasteiger partial charge < -0.3 is 14.2 Å². The highest BCUT2D eigenvalue weighted by atomic mass is 32.2. The number of amides is 1. The van der Waals surface area contributed by atoms with E-state index in [9.17, 15) is 4.79 Å². The second-order valence-electron chi connectivity index (χ2n) is 5.99. The molecule has 124 valence electrons. The lowest BCUT2D eigenvalue weighted by Gasteiger charge is -2.30. The summed E-state index contributed by atoms with van der Waals surface area (Å²) in [4.78, 5) is 12.4. The minimum Gasteiger partial charge on any atom is -0.459 e. The van der Waals surface area contributed by atoms with Gasteiger partial charge in [0.25, 0.3) is 11.1 Å². The summed E-state index contributed by atoms with van der Waals surface area (Å²) in [5.41, 5.74) is 0. The fourth-order valence-electron chi connectivity index (χ4n) is 2.79. The molecule has 1 saturated carbocycles. The Balaban J connectivity index is 1.56. The van der Waals surface area contributed by atoms with E-state index in [0.29, 0.717) is 22.8 Å². The van der Waals surface area contributed by atoms with Crippen LogP contribution in [-0.4, -0.2) is 27.4 Å². The third-order valence-electron chi connectivity index (χ3n) is 4.22. The fourth-order valence-corrected chi connectivity index (χ4v) is 3.49. The number of carbonyl (C=O) groups is 1. The Labute approximate surface area is 139 Å². The molecule has 0 saturated heterocycles. The summed E-state index contributed by atoms with van der Waals surface area (Å²) >= 11 is 1.27. The lowest BCUT2D eigenvalue weighted by atomic mass is 9.86. The third kappa shape index (κ3) is 3.96. The number of thioether (sulfide) groups is 1. The van der Waals surface area contributed by atoms with E-state index in [1.165, 1.54) is 31.0 Å². The molecular formula is C16H21N3O3S. The first-order valence-corrected chi connectivity index (χ1v) is 8.86. The molecule has 7 heteroatoms. The molecule has 0 radical (unpaired) electrons. The van der Waals surface area contributed by atoms with Crippen molar-refractivity contribution in [2.75, 3.05) is 0 Å². The Morgan fingerprint density at radius 2 is 2.22 bits per heavy atom. The molecule has 0 unspecified atom stereocenters. The predicted molar refractivity (Wildman–Crippen MR) is 86.9 cm³/mol. The van der Waals surface area contributed by atoms with Gasteiger partial charge >= 0.3 is 0 Å². The molecule has 1 fully saturated rings. The van der Waals surface area contributed by atoms with Crippen LogP contribution in [0.15, 0.2) is 32.5 Å². The quantitative estimate of drug-likeness (QED) is 0.842. The van der Waals surface area contributed by atoms with Gasteiger partial charge in [-0.2, -0.15) is 0 Å². The van der Waals surface area contributed by atoms with Crippen LogP contribution in [0.2, 0.25) is 0 Å². The van der Waals surface area contributed by atoms with Crippen LogP contribution >= 0.6 is 11.8 Å². The molecule has 3 rings (SSSR count). The van der Waals surface area contributed by atoms with E-state index >= 15 is 0 Å². The van der Waals surface area contributed by atoms with Crippen LogP contribution in [0, 0.1) is 5.92 Å². The molecule has 23 heavy (non-hydrogen) atoms. The average Bonchev–Trinajstić information content (AvgIpc) is 3.20. The molecule has 0 spiro atoms. The van der Waals surface area contributed by atoms with E-state index in [1.54, 1.807) is 18.4 Å². The summed E-state index contributed by atoms with van der Waals surface area (Å²) in [5.74, 6) is 1.41. The van der Waals surface area contributed by atoms with Gasteiger partial charge in [-0.1, -0.05) is 31.5 Å². The lowest BCUT2D eigenvalue weighted by molar-refractivity contribution is -0.121. The maximum atomic E-state index is 12.4. The number of carbonyl (C=O) groups excluding carboxylic acids is 1. The van der Waals surface area contributed by atoms with Gasteiger partial charge in [-0.05, 0) is 37.8 Å². The summed E-state index contributed by atoms with van der Waals surface area (Å²) in [6, 6.07) is 3.79. The van der Waals surface area contributed by atoms with Crippen LogP contribution in [0.3, 0.4) is 0 Å². The summed E-state index contributed by atoms with van der Waals surface area (Å²) in [6.45, 7) is 4.06. The zero-order valence-electron chi connectivity index (χ0n) is 13.3. The van der Waals surface area contributed by atoms with Crippen LogP contribution in [0.4, 0.5) is 0 Å². The molecule has 1 amide bonds. The largest absolute Gasteiger partial charge is 0.459 e. The number of nitrogens with zero attached hydrogens (tertiary/aromatic N) is 2. The molecule has 2 aromatic rings. The summed E-state index contributed by atoms with van der Waals surface area (Å²) in [6.07, 6.45) is 6.24. The number of furan rings is 1. The van der Waals surface area contributed by atoms with Crippen LogP contribution in [0.1, 0.15) is 39.5 Å². The van der Waals surface area contributed by atoms with E-state index < -0.39 is 0 Å². The van der Waals surface area contributed by atoms with Crippen molar-refractivity contribution < 1.29 is 13.6 Å². The van der Waals surface area contributed by atoms with E-state index in [4.69, 9.17) is 8.83 Å². The van der Waals surface area contributed by atoms with E-state index in [-0.39, 0.29) is 17.2 Å². The lowest BCUT2D eigenvalue weighted by Crippen LogP contribution is -2.44. The molecule has 0 bridgehead atoms. The van der Waals surface area contributed by atoms with Gasteiger partial charge in [0.2, 0.25) is 5.91 Å². The molecule has 0 aromatic carbocycles. The zero-order chi connectivity index (χ0) is 16.2. The SMILES string of the molecule is C[C@@H](Sc1nnc(-c2ccco2)o1)C(=O)N[C@@H]1CCCC[C@@H]1C. The third-order valence-corrected chi connectivity index (χ3v) is 5.16. The monoisotopic (exact) mass is 335 g/mol. The van der Waals surface area contributed by atoms with E-state index in [0.717, 1.165) is 6.42 Å². The molecule has 2 aromatic heterocycles. The van der Waals surface area contributed by atoms with Gasteiger partial charge in [-0.15, -0.1) is 10.2 Å². The summed E-state index contributed by atoms with van der Waals surface area (Å²) in [5, 5.41) is 11.1.